The molecule has 0 bridgehead atoms. The van der Waals surface area contributed by atoms with Crippen molar-refractivity contribution in [1.82, 2.24) is 10.2 Å². The molecule has 0 radical (unpaired) electrons. The number of carbonyl (C=O) groups is 1. The quantitative estimate of drug-likeness (QED) is 0.772. The van der Waals surface area contributed by atoms with Crippen molar-refractivity contribution >= 4 is 6.09 Å². The zero-order valence-corrected chi connectivity index (χ0v) is 16.5. The first-order valence-electron chi connectivity index (χ1n) is 6.08. The molecule has 0 saturated heterocycles. The molecular weight excluding hydrogens is 267 g/mol. The van der Waals surface area contributed by atoms with Crippen LogP contribution in [0.3, 0.4) is 0 Å². The van der Waals surface area contributed by atoms with Crippen molar-refractivity contribution in [3.63, 3.8) is 0 Å². The SMILES string of the molecule is CC.CN(C)C(=O)OCc1ccccc1.CNC.[H-].[K+]. The molecule has 5 heteroatoms. The smallest absolute Gasteiger partial charge is 1.00 e. The molecule has 0 atom stereocenters. The summed E-state index contributed by atoms with van der Waals surface area (Å²) >= 11 is 0. The van der Waals surface area contributed by atoms with Gasteiger partial charge < -0.3 is 16.4 Å². The van der Waals surface area contributed by atoms with Gasteiger partial charge in [0.15, 0.2) is 0 Å². The van der Waals surface area contributed by atoms with E-state index in [9.17, 15) is 4.79 Å². The van der Waals surface area contributed by atoms with Crippen LogP contribution in [0.2, 0.25) is 0 Å². The predicted molar refractivity (Wildman–Crippen MR) is 77.8 cm³/mol. The van der Waals surface area contributed by atoms with Crippen molar-refractivity contribution in [1.29, 1.82) is 0 Å². The van der Waals surface area contributed by atoms with E-state index in [4.69, 9.17) is 4.74 Å². The molecule has 0 heterocycles. The summed E-state index contributed by atoms with van der Waals surface area (Å²) in [6.07, 6.45) is -0.316. The van der Waals surface area contributed by atoms with Crippen LogP contribution in [0.1, 0.15) is 20.8 Å². The van der Waals surface area contributed by atoms with Gasteiger partial charge in [-0.05, 0) is 19.7 Å². The van der Waals surface area contributed by atoms with Crippen LogP contribution in [0.25, 0.3) is 0 Å². The molecule has 1 amide bonds. The topological polar surface area (TPSA) is 41.6 Å². The average molecular weight is 294 g/mol. The Labute approximate surface area is 161 Å². The van der Waals surface area contributed by atoms with Gasteiger partial charge in [0, 0.05) is 14.1 Å². The van der Waals surface area contributed by atoms with Crippen LogP contribution in [-0.2, 0) is 11.3 Å². The van der Waals surface area contributed by atoms with Crippen molar-refractivity contribution < 1.29 is 62.3 Å². The third-order valence-corrected chi connectivity index (χ3v) is 1.57. The van der Waals surface area contributed by atoms with E-state index < -0.39 is 0 Å². The molecule has 1 aromatic carbocycles. The fourth-order valence-electron chi connectivity index (χ4n) is 0.848. The van der Waals surface area contributed by atoms with Gasteiger partial charge in [0.05, 0.1) is 0 Å². The minimum atomic E-state index is -0.316. The first-order chi connectivity index (χ1) is 8.61. The molecule has 0 spiro atoms. The standard InChI is InChI=1S/C10H13NO2.C2H7N.C2H6.K.H/c1-11(2)10(12)13-8-9-6-4-3-5-7-9;1-3-2;1-2;;/h3-7H,8H2,1-2H3;3H,1-2H3;1-2H3;;/q;;;+1;-1. The van der Waals surface area contributed by atoms with E-state index in [1.807, 2.05) is 58.3 Å². The summed E-state index contributed by atoms with van der Waals surface area (Å²) in [5.74, 6) is 0. The van der Waals surface area contributed by atoms with Gasteiger partial charge in [-0.25, -0.2) is 4.79 Å². The van der Waals surface area contributed by atoms with Gasteiger partial charge in [0.2, 0.25) is 0 Å². The second-order valence-corrected chi connectivity index (χ2v) is 3.43. The Morgan fingerprint density at radius 2 is 1.63 bits per heavy atom. The maximum Gasteiger partial charge on any atom is 1.00 e. The molecule has 0 saturated carbocycles. The Balaban J connectivity index is -0.000000162. The van der Waals surface area contributed by atoms with E-state index in [-0.39, 0.29) is 58.9 Å². The molecule has 0 fully saturated rings. The number of carbonyl (C=O) groups excluding carboxylic acids is 1. The van der Waals surface area contributed by atoms with E-state index >= 15 is 0 Å². The van der Waals surface area contributed by atoms with Crippen molar-refractivity contribution in [3.8, 4) is 0 Å². The van der Waals surface area contributed by atoms with Gasteiger partial charge in [-0.2, -0.15) is 0 Å². The summed E-state index contributed by atoms with van der Waals surface area (Å²) in [5, 5.41) is 2.75. The molecule has 1 aromatic rings. The molecular formula is C14H27KN2O2. The fraction of sp³-hybridized carbons (Fsp3) is 0.500. The molecule has 0 aliphatic rings. The largest absolute Gasteiger partial charge is 1.00 e. The van der Waals surface area contributed by atoms with Crippen molar-refractivity contribution in [2.45, 2.75) is 20.5 Å². The summed E-state index contributed by atoms with van der Waals surface area (Å²) in [6.45, 7) is 4.33. The zero-order valence-electron chi connectivity index (χ0n) is 14.4. The van der Waals surface area contributed by atoms with Crippen molar-refractivity contribution in [2.75, 3.05) is 28.2 Å². The number of nitrogens with zero attached hydrogens (tertiary/aromatic N) is 1. The van der Waals surface area contributed by atoms with Gasteiger partial charge in [-0.15, -0.1) is 0 Å². The number of nitrogens with one attached hydrogen (secondary N) is 1. The monoisotopic (exact) mass is 294 g/mol. The van der Waals surface area contributed by atoms with E-state index in [0.29, 0.717) is 6.61 Å². The minimum Gasteiger partial charge on any atom is -1.00 e. The summed E-state index contributed by atoms with van der Waals surface area (Å²) < 4.78 is 4.98. The Hall–Kier alpha value is 0.0864. The van der Waals surface area contributed by atoms with E-state index in [1.54, 1.807) is 14.1 Å². The molecule has 0 aromatic heterocycles. The maximum atomic E-state index is 11.0. The van der Waals surface area contributed by atoms with Gasteiger partial charge in [-0.1, -0.05) is 44.2 Å². The number of ether oxygens (including phenoxy) is 1. The second-order valence-electron chi connectivity index (χ2n) is 3.43. The molecule has 4 nitrogen and oxygen atoms in total. The fourth-order valence-corrected chi connectivity index (χ4v) is 0.848. The van der Waals surface area contributed by atoms with Crippen molar-refractivity contribution in [2.24, 2.45) is 0 Å². The number of hydrogen-bond acceptors (Lipinski definition) is 3. The molecule has 1 N–H and O–H groups in total. The van der Waals surface area contributed by atoms with Crippen LogP contribution in [0, 0.1) is 0 Å². The van der Waals surface area contributed by atoms with Gasteiger partial charge in [-0.3, -0.25) is 0 Å². The van der Waals surface area contributed by atoms with Crippen molar-refractivity contribution in [3.05, 3.63) is 35.9 Å². The Morgan fingerprint density at radius 1 is 1.21 bits per heavy atom. The van der Waals surface area contributed by atoms with Gasteiger partial charge in [0.1, 0.15) is 6.61 Å². The Bertz CT molecular complexity index is 298. The number of amides is 1. The number of hydrogen-bond donors (Lipinski definition) is 1. The third-order valence-electron chi connectivity index (χ3n) is 1.57. The molecule has 0 aliphatic heterocycles. The molecule has 0 unspecified atom stereocenters. The number of rotatable bonds is 2. The molecule has 19 heavy (non-hydrogen) atoms. The zero-order chi connectivity index (χ0) is 14.4. The summed E-state index contributed by atoms with van der Waals surface area (Å²) in [4.78, 5) is 12.4. The number of benzene rings is 1. The molecule has 1 rings (SSSR count). The van der Waals surface area contributed by atoms with Gasteiger partial charge in [0.25, 0.3) is 0 Å². The first-order valence-corrected chi connectivity index (χ1v) is 6.08. The van der Waals surface area contributed by atoms with E-state index in [0.717, 1.165) is 5.56 Å². The summed E-state index contributed by atoms with van der Waals surface area (Å²) in [6, 6.07) is 9.60. The summed E-state index contributed by atoms with van der Waals surface area (Å²) in [7, 11) is 7.07. The molecule has 0 aliphatic carbocycles. The van der Waals surface area contributed by atoms with Crippen LogP contribution in [-0.4, -0.2) is 39.2 Å². The van der Waals surface area contributed by atoms with Crippen LogP contribution < -0.4 is 56.7 Å². The van der Waals surface area contributed by atoms with E-state index in [1.165, 1.54) is 4.90 Å². The minimum absolute atomic E-state index is 0. The summed E-state index contributed by atoms with van der Waals surface area (Å²) in [5.41, 5.74) is 0.998. The average Bonchev–Trinajstić information content (AvgIpc) is 2.40. The second kappa shape index (κ2) is 18.1. The normalized spacial score (nSPS) is 7.68. The Kier molecular flexibility index (Phi) is 23.0. The van der Waals surface area contributed by atoms with Gasteiger partial charge >= 0.3 is 57.5 Å². The molecule has 106 valence electrons. The third kappa shape index (κ3) is 16.0. The predicted octanol–water partition coefficient (Wildman–Crippen LogP) is -0.137. The first kappa shape index (κ1) is 24.1. The van der Waals surface area contributed by atoms with Crippen LogP contribution in [0.15, 0.2) is 30.3 Å². The van der Waals surface area contributed by atoms with Crippen LogP contribution in [0.5, 0.6) is 0 Å². The van der Waals surface area contributed by atoms with E-state index in [2.05, 4.69) is 5.32 Å². The van der Waals surface area contributed by atoms with Crippen LogP contribution in [0.4, 0.5) is 4.79 Å². The van der Waals surface area contributed by atoms with Crippen LogP contribution >= 0.6 is 0 Å². The maximum absolute atomic E-state index is 11.0. The Morgan fingerprint density at radius 3 is 2.00 bits per heavy atom.